The average Bonchev–Trinajstić information content (AvgIpc) is 2.85. The minimum Gasteiger partial charge on any atom is -0.352 e. The van der Waals surface area contributed by atoms with Gasteiger partial charge in [0.15, 0.2) is 0 Å². The monoisotopic (exact) mass is 408 g/mol. The molecule has 1 aliphatic heterocycles. The van der Waals surface area contributed by atoms with Gasteiger partial charge in [-0.25, -0.2) is 4.98 Å². The molecule has 1 amide bonds. The second-order valence-electron chi connectivity index (χ2n) is 7.78. The Balaban J connectivity index is 1.34. The van der Waals surface area contributed by atoms with Crippen molar-refractivity contribution < 1.29 is 4.79 Å². The molecule has 2 heterocycles. The Morgan fingerprint density at radius 2 is 1.26 bits per heavy atom. The summed E-state index contributed by atoms with van der Waals surface area (Å²) in [7, 11) is 0. The van der Waals surface area contributed by atoms with Gasteiger partial charge in [0.25, 0.3) is 0 Å². The van der Waals surface area contributed by atoms with Crippen LogP contribution >= 0.6 is 0 Å². The lowest BCUT2D eigenvalue weighted by Gasteiger charge is -2.37. The molecule has 1 fully saturated rings. The summed E-state index contributed by atoms with van der Waals surface area (Å²) in [5, 5.41) is 0. The first kappa shape index (κ1) is 19.2. The van der Waals surface area contributed by atoms with Gasteiger partial charge >= 0.3 is 0 Å². The fraction of sp³-hybridized carbons (Fsp3) is 0.192. The SMILES string of the molecule is O=C(C(c1ccccc1)c1ccccc1)N1CCN(c2cnc3ccccc3n2)CC1. The van der Waals surface area contributed by atoms with E-state index in [0.717, 1.165) is 41.1 Å². The van der Waals surface area contributed by atoms with Gasteiger partial charge < -0.3 is 9.80 Å². The molecule has 5 rings (SSSR count). The second kappa shape index (κ2) is 8.56. The van der Waals surface area contributed by atoms with E-state index in [1.54, 1.807) is 0 Å². The number of anilines is 1. The second-order valence-corrected chi connectivity index (χ2v) is 7.78. The number of piperazine rings is 1. The first-order valence-corrected chi connectivity index (χ1v) is 10.6. The summed E-state index contributed by atoms with van der Waals surface area (Å²) in [6.45, 7) is 2.83. The summed E-state index contributed by atoms with van der Waals surface area (Å²) >= 11 is 0. The van der Waals surface area contributed by atoms with Gasteiger partial charge in [-0.15, -0.1) is 0 Å². The highest BCUT2D eigenvalue weighted by molar-refractivity contribution is 5.87. The standard InChI is InChI=1S/C26H24N4O/c31-26(25(20-9-3-1-4-10-20)21-11-5-2-6-12-21)30-17-15-29(16-18-30)24-19-27-22-13-7-8-14-23(22)28-24/h1-14,19,25H,15-18H2. The van der Waals surface area contributed by atoms with E-state index in [2.05, 4.69) is 9.88 Å². The van der Waals surface area contributed by atoms with Crippen molar-refractivity contribution >= 4 is 22.8 Å². The van der Waals surface area contributed by atoms with Crippen LogP contribution in [-0.4, -0.2) is 47.0 Å². The topological polar surface area (TPSA) is 49.3 Å². The molecule has 1 aromatic heterocycles. The molecule has 0 atom stereocenters. The van der Waals surface area contributed by atoms with Gasteiger partial charge in [0.05, 0.1) is 23.1 Å². The molecule has 1 saturated heterocycles. The number of aromatic nitrogens is 2. The number of para-hydroxylation sites is 2. The summed E-state index contributed by atoms with van der Waals surface area (Å²) in [6, 6.07) is 28.0. The van der Waals surface area contributed by atoms with E-state index < -0.39 is 0 Å². The zero-order valence-electron chi connectivity index (χ0n) is 17.3. The van der Waals surface area contributed by atoms with Gasteiger partial charge in [-0.3, -0.25) is 9.78 Å². The van der Waals surface area contributed by atoms with Crippen molar-refractivity contribution in [3.8, 4) is 0 Å². The summed E-state index contributed by atoms with van der Waals surface area (Å²) < 4.78 is 0. The molecule has 0 bridgehead atoms. The lowest BCUT2D eigenvalue weighted by molar-refractivity contribution is -0.132. The number of carbonyl (C=O) groups is 1. The minimum absolute atomic E-state index is 0.154. The molecule has 3 aromatic carbocycles. The highest BCUT2D eigenvalue weighted by Crippen LogP contribution is 2.28. The van der Waals surface area contributed by atoms with Crippen molar-refractivity contribution in [2.45, 2.75) is 5.92 Å². The maximum Gasteiger partial charge on any atom is 0.234 e. The van der Waals surface area contributed by atoms with E-state index in [-0.39, 0.29) is 11.8 Å². The van der Waals surface area contributed by atoms with E-state index in [0.29, 0.717) is 13.1 Å². The van der Waals surface area contributed by atoms with Crippen molar-refractivity contribution in [2.24, 2.45) is 0 Å². The number of hydrogen-bond acceptors (Lipinski definition) is 4. The average molecular weight is 409 g/mol. The molecular weight excluding hydrogens is 384 g/mol. The van der Waals surface area contributed by atoms with E-state index >= 15 is 0 Å². The third-order valence-electron chi connectivity index (χ3n) is 5.86. The van der Waals surface area contributed by atoms with Crippen molar-refractivity contribution in [3.05, 3.63) is 102 Å². The molecular formula is C26H24N4O. The fourth-order valence-electron chi connectivity index (χ4n) is 4.21. The zero-order valence-corrected chi connectivity index (χ0v) is 17.3. The van der Waals surface area contributed by atoms with Crippen LogP contribution in [0, 0.1) is 0 Å². The maximum atomic E-state index is 13.6. The van der Waals surface area contributed by atoms with E-state index in [4.69, 9.17) is 4.98 Å². The van der Waals surface area contributed by atoms with Crippen LogP contribution in [0.2, 0.25) is 0 Å². The molecule has 0 aliphatic carbocycles. The number of nitrogens with zero attached hydrogens (tertiary/aromatic N) is 4. The summed E-state index contributed by atoms with van der Waals surface area (Å²) in [6.07, 6.45) is 1.83. The van der Waals surface area contributed by atoms with Crippen LogP contribution < -0.4 is 4.90 Å². The molecule has 5 heteroatoms. The normalized spacial score (nSPS) is 14.2. The molecule has 1 aliphatic rings. The third-order valence-corrected chi connectivity index (χ3v) is 5.86. The highest BCUT2D eigenvalue weighted by atomic mass is 16.2. The van der Waals surface area contributed by atoms with Gasteiger partial charge in [-0.05, 0) is 23.3 Å². The van der Waals surface area contributed by atoms with Gasteiger partial charge in [0.2, 0.25) is 5.91 Å². The van der Waals surface area contributed by atoms with E-state index in [9.17, 15) is 4.79 Å². The van der Waals surface area contributed by atoms with Gasteiger partial charge in [-0.2, -0.15) is 0 Å². The Morgan fingerprint density at radius 1 is 0.710 bits per heavy atom. The number of hydrogen-bond donors (Lipinski definition) is 0. The van der Waals surface area contributed by atoms with Crippen molar-refractivity contribution in [1.29, 1.82) is 0 Å². The van der Waals surface area contributed by atoms with Crippen LogP contribution in [-0.2, 0) is 4.79 Å². The largest absolute Gasteiger partial charge is 0.352 e. The van der Waals surface area contributed by atoms with Gasteiger partial charge in [-0.1, -0.05) is 72.8 Å². The third kappa shape index (κ3) is 3.99. The molecule has 0 N–H and O–H groups in total. The predicted octanol–water partition coefficient (Wildman–Crippen LogP) is 4.11. The van der Waals surface area contributed by atoms with Gasteiger partial charge in [0, 0.05) is 26.2 Å². The van der Waals surface area contributed by atoms with E-state index in [1.165, 1.54) is 0 Å². The van der Waals surface area contributed by atoms with Crippen molar-refractivity contribution in [3.63, 3.8) is 0 Å². The molecule has 31 heavy (non-hydrogen) atoms. The molecule has 4 aromatic rings. The predicted molar refractivity (Wildman–Crippen MR) is 123 cm³/mol. The molecule has 5 nitrogen and oxygen atoms in total. The number of fused-ring (bicyclic) bond motifs is 1. The summed E-state index contributed by atoms with van der Waals surface area (Å²) in [4.78, 5) is 27.1. The number of rotatable bonds is 4. The first-order valence-electron chi connectivity index (χ1n) is 10.6. The van der Waals surface area contributed by atoms with Crippen LogP contribution in [0.1, 0.15) is 17.0 Å². The molecule has 0 saturated carbocycles. The first-order chi connectivity index (χ1) is 15.3. The number of benzene rings is 3. The molecule has 154 valence electrons. The quantitative estimate of drug-likeness (QED) is 0.510. The van der Waals surface area contributed by atoms with E-state index in [1.807, 2.05) is 96.0 Å². The smallest absolute Gasteiger partial charge is 0.234 e. The Kier molecular flexibility index (Phi) is 5.31. The summed E-state index contributed by atoms with van der Waals surface area (Å²) in [5.41, 5.74) is 3.85. The highest BCUT2D eigenvalue weighted by Gasteiger charge is 2.30. The Hall–Kier alpha value is -3.73. The lowest BCUT2D eigenvalue weighted by atomic mass is 9.90. The Bertz CT molecular complexity index is 1130. The minimum atomic E-state index is -0.283. The Morgan fingerprint density at radius 3 is 1.87 bits per heavy atom. The maximum absolute atomic E-state index is 13.6. The molecule has 0 unspecified atom stereocenters. The van der Waals surface area contributed by atoms with Gasteiger partial charge in [0.1, 0.15) is 5.82 Å². The molecule has 0 spiro atoms. The summed E-state index contributed by atoms with van der Waals surface area (Å²) in [5.74, 6) is 0.740. The van der Waals surface area contributed by atoms with Crippen molar-refractivity contribution in [2.75, 3.05) is 31.1 Å². The van der Waals surface area contributed by atoms with Crippen LogP contribution in [0.3, 0.4) is 0 Å². The van der Waals surface area contributed by atoms with Crippen LogP contribution in [0.15, 0.2) is 91.1 Å². The van der Waals surface area contributed by atoms with Crippen LogP contribution in [0.5, 0.6) is 0 Å². The lowest BCUT2D eigenvalue weighted by Crippen LogP contribution is -2.50. The number of amides is 1. The Labute approximate surface area is 182 Å². The molecule has 0 radical (unpaired) electrons. The van der Waals surface area contributed by atoms with Crippen molar-refractivity contribution in [1.82, 2.24) is 14.9 Å². The van der Waals surface area contributed by atoms with Crippen LogP contribution in [0.25, 0.3) is 11.0 Å². The number of carbonyl (C=O) groups excluding carboxylic acids is 1. The van der Waals surface area contributed by atoms with Crippen LogP contribution in [0.4, 0.5) is 5.82 Å². The fourth-order valence-corrected chi connectivity index (χ4v) is 4.21. The zero-order chi connectivity index (χ0) is 21.0.